The topological polar surface area (TPSA) is 49.4 Å². The van der Waals surface area contributed by atoms with Crippen molar-refractivity contribution < 1.29 is 9.59 Å². The molecule has 2 rings (SSSR count). The molecule has 162 valence electrons. The Morgan fingerprint density at radius 1 is 1.00 bits per heavy atom. The number of rotatable bonds is 9. The number of halogens is 2. The number of hydrogen-bond donors (Lipinski definition) is 1. The summed E-state index contributed by atoms with van der Waals surface area (Å²) in [5.74, 6) is 0.0270. The van der Waals surface area contributed by atoms with Crippen LogP contribution in [0, 0.1) is 12.8 Å². The van der Waals surface area contributed by atoms with Gasteiger partial charge in [0.1, 0.15) is 6.04 Å². The van der Waals surface area contributed by atoms with E-state index in [1.165, 1.54) is 5.56 Å². The molecule has 0 heterocycles. The van der Waals surface area contributed by atoms with Gasteiger partial charge in [-0.25, -0.2) is 0 Å². The summed E-state index contributed by atoms with van der Waals surface area (Å²) in [6, 6.07) is 12.7. The van der Waals surface area contributed by atoms with Gasteiger partial charge in [0.2, 0.25) is 11.8 Å². The van der Waals surface area contributed by atoms with Gasteiger partial charge in [0, 0.05) is 35.1 Å². The number of nitrogens with zero attached hydrogens (tertiary/aromatic N) is 1. The molecule has 0 aliphatic carbocycles. The summed E-state index contributed by atoms with van der Waals surface area (Å²) in [5, 5.41) is 3.87. The largest absolute Gasteiger partial charge is 0.354 e. The third kappa shape index (κ3) is 7.03. The second-order valence-corrected chi connectivity index (χ2v) is 8.84. The highest BCUT2D eigenvalue weighted by Gasteiger charge is 2.27. The van der Waals surface area contributed by atoms with Crippen LogP contribution >= 0.6 is 23.2 Å². The zero-order valence-corrected chi connectivity index (χ0v) is 19.6. The molecule has 1 atom stereocenters. The SMILES string of the molecule is Cc1ccc(CCC(=O)N(Cc2c(Cl)cccc2Cl)C(C)C(=O)NCC(C)C)cc1. The van der Waals surface area contributed by atoms with Crippen molar-refractivity contribution in [3.63, 3.8) is 0 Å². The van der Waals surface area contributed by atoms with Crippen molar-refractivity contribution in [2.45, 2.75) is 53.1 Å². The van der Waals surface area contributed by atoms with Crippen molar-refractivity contribution in [2.75, 3.05) is 6.54 Å². The first-order valence-electron chi connectivity index (χ1n) is 10.2. The molecule has 0 aromatic heterocycles. The molecule has 1 N–H and O–H groups in total. The molecule has 1 unspecified atom stereocenters. The molecule has 2 amide bonds. The third-order valence-electron chi connectivity index (χ3n) is 4.99. The molecule has 0 saturated heterocycles. The van der Waals surface area contributed by atoms with Crippen LogP contribution in [0.15, 0.2) is 42.5 Å². The van der Waals surface area contributed by atoms with Crippen molar-refractivity contribution in [1.29, 1.82) is 0 Å². The zero-order valence-electron chi connectivity index (χ0n) is 18.0. The van der Waals surface area contributed by atoms with Gasteiger partial charge in [-0.1, -0.05) is 72.9 Å². The van der Waals surface area contributed by atoms with E-state index in [-0.39, 0.29) is 18.4 Å². The first-order valence-corrected chi connectivity index (χ1v) is 11.0. The number of amides is 2. The smallest absolute Gasteiger partial charge is 0.242 e. The third-order valence-corrected chi connectivity index (χ3v) is 5.70. The van der Waals surface area contributed by atoms with Gasteiger partial charge in [0.05, 0.1) is 0 Å². The van der Waals surface area contributed by atoms with Crippen LogP contribution in [0.1, 0.15) is 43.9 Å². The van der Waals surface area contributed by atoms with Crippen LogP contribution < -0.4 is 5.32 Å². The fraction of sp³-hybridized carbons (Fsp3) is 0.417. The lowest BCUT2D eigenvalue weighted by molar-refractivity contribution is -0.140. The maximum Gasteiger partial charge on any atom is 0.242 e. The monoisotopic (exact) mass is 448 g/mol. The van der Waals surface area contributed by atoms with Crippen molar-refractivity contribution >= 4 is 35.0 Å². The van der Waals surface area contributed by atoms with Crippen LogP contribution in [0.3, 0.4) is 0 Å². The minimum Gasteiger partial charge on any atom is -0.354 e. The molecule has 0 spiro atoms. The number of carbonyl (C=O) groups is 2. The van der Waals surface area contributed by atoms with E-state index in [9.17, 15) is 9.59 Å². The first-order chi connectivity index (χ1) is 14.2. The van der Waals surface area contributed by atoms with Gasteiger partial charge < -0.3 is 10.2 Å². The van der Waals surface area contributed by atoms with E-state index in [0.29, 0.717) is 40.9 Å². The van der Waals surface area contributed by atoms with Crippen LogP contribution in [-0.4, -0.2) is 29.3 Å². The normalized spacial score (nSPS) is 12.0. The number of aryl methyl sites for hydroxylation is 2. The van der Waals surface area contributed by atoms with Crippen LogP contribution in [0.4, 0.5) is 0 Å². The summed E-state index contributed by atoms with van der Waals surface area (Å²) in [4.78, 5) is 27.4. The van der Waals surface area contributed by atoms with Gasteiger partial charge in [-0.3, -0.25) is 9.59 Å². The molecule has 0 bridgehead atoms. The Morgan fingerprint density at radius 3 is 2.17 bits per heavy atom. The summed E-state index contributed by atoms with van der Waals surface area (Å²) in [7, 11) is 0. The summed E-state index contributed by atoms with van der Waals surface area (Å²) < 4.78 is 0. The molecule has 6 heteroatoms. The molecular formula is C24H30Cl2N2O2. The Morgan fingerprint density at radius 2 is 1.60 bits per heavy atom. The lowest BCUT2D eigenvalue weighted by Gasteiger charge is -2.29. The molecular weight excluding hydrogens is 419 g/mol. The molecule has 2 aromatic rings. The fourth-order valence-electron chi connectivity index (χ4n) is 3.04. The van der Waals surface area contributed by atoms with Gasteiger partial charge in [0.25, 0.3) is 0 Å². The molecule has 0 radical (unpaired) electrons. The van der Waals surface area contributed by atoms with Gasteiger partial charge >= 0.3 is 0 Å². The standard InChI is InChI=1S/C24H30Cl2N2O2/c1-16(2)14-27-24(30)18(4)28(15-20-21(25)6-5-7-22(20)26)23(29)13-12-19-10-8-17(3)9-11-19/h5-11,16,18H,12-15H2,1-4H3,(H,27,30). The second-order valence-electron chi connectivity index (χ2n) is 8.02. The summed E-state index contributed by atoms with van der Waals surface area (Å²) in [5.41, 5.74) is 2.91. The minimum atomic E-state index is -0.637. The molecule has 0 aliphatic heterocycles. The molecule has 0 saturated carbocycles. The van der Waals surface area contributed by atoms with Gasteiger partial charge in [-0.15, -0.1) is 0 Å². The van der Waals surface area contributed by atoms with E-state index in [4.69, 9.17) is 23.2 Å². The number of benzene rings is 2. The lowest BCUT2D eigenvalue weighted by Crippen LogP contribution is -2.48. The maximum atomic E-state index is 13.2. The zero-order chi connectivity index (χ0) is 22.3. The number of nitrogens with one attached hydrogen (secondary N) is 1. The van der Waals surface area contributed by atoms with E-state index in [0.717, 1.165) is 5.56 Å². The fourth-order valence-corrected chi connectivity index (χ4v) is 3.56. The van der Waals surface area contributed by atoms with Gasteiger partial charge in [0.15, 0.2) is 0 Å². The van der Waals surface area contributed by atoms with E-state index in [1.54, 1.807) is 30.0 Å². The highest BCUT2D eigenvalue weighted by atomic mass is 35.5. The molecule has 0 fully saturated rings. The summed E-state index contributed by atoms with van der Waals surface area (Å²) >= 11 is 12.7. The van der Waals surface area contributed by atoms with Crippen LogP contribution in [-0.2, 0) is 22.6 Å². The molecule has 0 aliphatic rings. The Hall–Kier alpha value is -2.04. The van der Waals surface area contributed by atoms with Gasteiger partial charge in [-0.2, -0.15) is 0 Å². The Bertz CT molecular complexity index is 846. The molecule has 2 aromatic carbocycles. The van der Waals surface area contributed by atoms with Crippen LogP contribution in [0.5, 0.6) is 0 Å². The van der Waals surface area contributed by atoms with E-state index in [2.05, 4.69) is 5.32 Å². The summed E-state index contributed by atoms with van der Waals surface area (Å²) in [6.45, 7) is 8.56. The lowest BCUT2D eigenvalue weighted by atomic mass is 10.1. The Labute approximate surface area is 189 Å². The average molecular weight is 449 g/mol. The Balaban J connectivity index is 2.19. The number of carbonyl (C=O) groups excluding carboxylic acids is 2. The molecule has 4 nitrogen and oxygen atoms in total. The highest BCUT2D eigenvalue weighted by molar-refractivity contribution is 6.36. The first kappa shape index (κ1) is 24.2. The van der Waals surface area contributed by atoms with E-state index in [1.807, 2.05) is 45.0 Å². The summed E-state index contributed by atoms with van der Waals surface area (Å²) in [6.07, 6.45) is 0.902. The number of hydrogen-bond acceptors (Lipinski definition) is 2. The van der Waals surface area contributed by atoms with E-state index >= 15 is 0 Å². The quantitative estimate of drug-likeness (QED) is 0.556. The second kappa shape index (κ2) is 11.4. The minimum absolute atomic E-state index is 0.112. The van der Waals surface area contributed by atoms with Crippen LogP contribution in [0.25, 0.3) is 0 Å². The highest BCUT2D eigenvalue weighted by Crippen LogP contribution is 2.27. The van der Waals surface area contributed by atoms with Crippen molar-refractivity contribution in [3.05, 3.63) is 69.2 Å². The van der Waals surface area contributed by atoms with Crippen molar-refractivity contribution in [1.82, 2.24) is 10.2 Å². The maximum absolute atomic E-state index is 13.2. The molecule has 30 heavy (non-hydrogen) atoms. The van der Waals surface area contributed by atoms with Gasteiger partial charge in [-0.05, 0) is 43.9 Å². The predicted molar refractivity (Wildman–Crippen MR) is 124 cm³/mol. The Kier molecular flexibility index (Phi) is 9.19. The predicted octanol–water partition coefficient (Wildman–Crippen LogP) is 5.42. The van der Waals surface area contributed by atoms with Crippen molar-refractivity contribution in [3.8, 4) is 0 Å². The average Bonchev–Trinajstić information content (AvgIpc) is 2.70. The van der Waals surface area contributed by atoms with Crippen molar-refractivity contribution in [2.24, 2.45) is 5.92 Å². The van der Waals surface area contributed by atoms with Crippen LogP contribution in [0.2, 0.25) is 10.0 Å². The van der Waals surface area contributed by atoms with E-state index < -0.39 is 6.04 Å².